The summed E-state index contributed by atoms with van der Waals surface area (Å²) in [6.45, 7) is 3.84. The molecule has 0 saturated heterocycles. The molecular formula is C18H18O3Y-2. The molecule has 0 amide bonds. The van der Waals surface area contributed by atoms with E-state index in [9.17, 15) is 4.79 Å². The molecule has 0 spiro atoms. The van der Waals surface area contributed by atoms with Gasteiger partial charge in [-0.15, -0.1) is 17.7 Å². The van der Waals surface area contributed by atoms with Crippen molar-refractivity contribution in [1.82, 2.24) is 0 Å². The SMILES string of the molecule is [CH2-]c1ccccc1/C(=C\OC)C(=O)OC.[Y].[c-]1ccccc1. The number of hydrogen-bond acceptors (Lipinski definition) is 3. The fourth-order valence-electron chi connectivity index (χ4n) is 1.57. The summed E-state index contributed by atoms with van der Waals surface area (Å²) >= 11 is 0. The Morgan fingerprint density at radius 3 is 2.14 bits per heavy atom. The van der Waals surface area contributed by atoms with Gasteiger partial charge in [-0.25, -0.2) is 4.79 Å². The van der Waals surface area contributed by atoms with E-state index in [-0.39, 0.29) is 32.7 Å². The van der Waals surface area contributed by atoms with E-state index in [0.717, 1.165) is 5.56 Å². The van der Waals surface area contributed by atoms with Gasteiger partial charge in [-0.3, -0.25) is 0 Å². The number of carbonyl (C=O) groups is 1. The first-order valence-corrected chi connectivity index (χ1v) is 6.34. The molecule has 0 saturated carbocycles. The zero-order chi connectivity index (χ0) is 15.5. The van der Waals surface area contributed by atoms with Crippen LogP contribution in [0, 0.1) is 13.0 Å². The van der Waals surface area contributed by atoms with Crippen molar-refractivity contribution in [2.75, 3.05) is 14.2 Å². The first kappa shape index (κ1) is 20.4. The maximum Gasteiger partial charge on any atom is 0.329 e. The van der Waals surface area contributed by atoms with Gasteiger partial charge in [-0.05, 0) is 0 Å². The van der Waals surface area contributed by atoms with E-state index < -0.39 is 5.97 Å². The van der Waals surface area contributed by atoms with Gasteiger partial charge in [0, 0.05) is 38.3 Å². The van der Waals surface area contributed by atoms with E-state index in [1.165, 1.54) is 20.5 Å². The zero-order valence-electron chi connectivity index (χ0n) is 12.8. The minimum absolute atomic E-state index is 0. The van der Waals surface area contributed by atoms with Crippen molar-refractivity contribution in [3.8, 4) is 0 Å². The molecule has 0 aliphatic rings. The standard InChI is InChI=1S/C12H13O3.C6H5.Y/c1-9-6-4-5-7-10(9)11(8-14-2)12(13)15-3;1-2-4-6-5-3-1;/h4-8H,1H2,2-3H3;1-5H;/q2*-1;/b11-8+;;. The van der Waals surface area contributed by atoms with Gasteiger partial charge in [0.1, 0.15) is 0 Å². The van der Waals surface area contributed by atoms with Gasteiger partial charge >= 0.3 is 5.97 Å². The molecule has 0 bridgehead atoms. The van der Waals surface area contributed by atoms with Gasteiger partial charge < -0.3 is 9.47 Å². The Kier molecular flexibility index (Phi) is 11.2. The van der Waals surface area contributed by atoms with Crippen LogP contribution in [0.15, 0.2) is 60.9 Å². The fraction of sp³-hybridized carbons (Fsp3) is 0.111. The van der Waals surface area contributed by atoms with Crippen LogP contribution in [-0.2, 0) is 47.0 Å². The molecule has 1 radical (unpaired) electrons. The smallest absolute Gasteiger partial charge is 0.329 e. The van der Waals surface area contributed by atoms with Gasteiger partial charge in [-0.2, -0.15) is 55.0 Å². The second kappa shape index (κ2) is 12.0. The quantitative estimate of drug-likeness (QED) is 0.359. The van der Waals surface area contributed by atoms with Gasteiger partial charge in [-0.1, -0.05) is 6.07 Å². The fourth-order valence-corrected chi connectivity index (χ4v) is 1.57. The number of rotatable bonds is 3. The van der Waals surface area contributed by atoms with Crippen LogP contribution < -0.4 is 0 Å². The van der Waals surface area contributed by atoms with E-state index in [0.29, 0.717) is 11.1 Å². The van der Waals surface area contributed by atoms with E-state index >= 15 is 0 Å². The minimum atomic E-state index is -0.437. The Bertz CT molecular complexity index is 553. The van der Waals surface area contributed by atoms with E-state index in [2.05, 4.69) is 17.7 Å². The predicted molar refractivity (Wildman–Crippen MR) is 83.2 cm³/mol. The van der Waals surface area contributed by atoms with Crippen molar-refractivity contribution >= 4 is 11.5 Å². The molecule has 22 heavy (non-hydrogen) atoms. The molecule has 113 valence electrons. The van der Waals surface area contributed by atoms with Gasteiger partial charge in [0.15, 0.2) is 0 Å². The van der Waals surface area contributed by atoms with Crippen LogP contribution in [0.25, 0.3) is 5.57 Å². The first-order chi connectivity index (χ1) is 10.2. The van der Waals surface area contributed by atoms with Crippen LogP contribution in [0.3, 0.4) is 0 Å². The first-order valence-electron chi connectivity index (χ1n) is 6.34. The third-order valence-corrected chi connectivity index (χ3v) is 2.56. The normalized spacial score (nSPS) is 9.64. The van der Waals surface area contributed by atoms with E-state index in [4.69, 9.17) is 4.74 Å². The summed E-state index contributed by atoms with van der Waals surface area (Å²) in [4.78, 5) is 11.5. The van der Waals surface area contributed by atoms with Crippen molar-refractivity contribution in [2.45, 2.75) is 0 Å². The largest absolute Gasteiger partial charge is 0.505 e. The third-order valence-electron chi connectivity index (χ3n) is 2.56. The van der Waals surface area contributed by atoms with Crippen LogP contribution in [-0.4, -0.2) is 20.2 Å². The maximum absolute atomic E-state index is 11.5. The molecule has 4 heteroatoms. The molecule has 0 fully saturated rings. The van der Waals surface area contributed by atoms with Gasteiger partial charge in [0.25, 0.3) is 0 Å². The Hall–Kier alpha value is -1.58. The topological polar surface area (TPSA) is 35.5 Å². The number of carbonyl (C=O) groups excluding carboxylic acids is 1. The molecule has 2 aromatic rings. The summed E-state index contributed by atoms with van der Waals surface area (Å²) in [6.07, 6.45) is 1.36. The summed E-state index contributed by atoms with van der Waals surface area (Å²) in [5.41, 5.74) is 1.84. The summed E-state index contributed by atoms with van der Waals surface area (Å²) in [7, 11) is 2.81. The van der Waals surface area contributed by atoms with Crippen LogP contribution in [0.1, 0.15) is 11.1 Å². The predicted octanol–water partition coefficient (Wildman–Crippen LogP) is 3.51. The molecule has 0 aromatic heterocycles. The van der Waals surface area contributed by atoms with Gasteiger partial charge in [0.2, 0.25) is 0 Å². The Balaban J connectivity index is 0.000000529. The van der Waals surface area contributed by atoms with Crippen molar-refractivity contribution < 1.29 is 47.0 Å². The van der Waals surface area contributed by atoms with E-state index in [1.807, 2.05) is 48.5 Å². The molecule has 2 aromatic carbocycles. The molecule has 0 N–H and O–H groups in total. The Morgan fingerprint density at radius 2 is 1.73 bits per heavy atom. The van der Waals surface area contributed by atoms with Crippen molar-refractivity contribution in [3.05, 3.63) is 85.0 Å². The van der Waals surface area contributed by atoms with Crippen molar-refractivity contribution in [1.29, 1.82) is 0 Å². The van der Waals surface area contributed by atoms with Gasteiger partial charge in [0.05, 0.1) is 20.5 Å². The average Bonchev–Trinajstić information content (AvgIpc) is 2.55. The Labute approximate surface area is 157 Å². The second-order valence-electron chi connectivity index (χ2n) is 3.99. The number of methoxy groups -OCH3 is 2. The average molecular weight is 371 g/mol. The minimum Gasteiger partial charge on any atom is -0.505 e. The van der Waals surface area contributed by atoms with Crippen LogP contribution in [0.2, 0.25) is 0 Å². The zero-order valence-corrected chi connectivity index (χ0v) is 15.6. The van der Waals surface area contributed by atoms with Crippen molar-refractivity contribution in [2.24, 2.45) is 0 Å². The molecule has 0 unspecified atom stereocenters. The molecular weight excluding hydrogens is 353 g/mol. The summed E-state index contributed by atoms with van der Waals surface area (Å²) in [6, 6.07) is 19.8. The summed E-state index contributed by atoms with van der Waals surface area (Å²) in [5, 5.41) is 0. The van der Waals surface area contributed by atoms with Crippen LogP contribution >= 0.6 is 0 Å². The molecule has 0 heterocycles. The summed E-state index contributed by atoms with van der Waals surface area (Å²) < 4.78 is 9.51. The molecule has 0 aliphatic carbocycles. The molecule has 0 aliphatic heterocycles. The molecule has 0 atom stereocenters. The number of hydrogen-bond donors (Lipinski definition) is 0. The second-order valence-corrected chi connectivity index (χ2v) is 3.99. The third kappa shape index (κ3) is 6.92. The summed E-state index contributed by atoms with van der Waals surface area (Å²) in [5.74, 6) is -0.437. The maximum atomic E-state index is 11.5. The van der Waals surface area contributed by atoms with Crippen LogP contribution in [0.5, 0.6) is 0 Å². The Morgan fingerprint density at radius 1 is 1.09 bits per heavy atom. The van der Waals surface area contributed by atoms with E-state index in [1.54, 1.807) is 6.07 Å². The monoisotopic (exact) mass is 371 g/mol. The number of ether oxygens (including phenoxy) is 2. The molecule has 3 nitrogen and oxygen atoms in total. The molecule has 2 rings (SSSR count). The number of esters is 1. The van der Waals surface area contributed by atoms with Crippen molar-refractivity contribution in [3.63, 3.8) is 0 Å². The number of benzene rings is 2. The van der Waals surface area contributed by atoms with Crippen LogP contribution in [0.4, 0.5) is 0 Å².